The zero-order valence-corrected chi connectivity index (χ0v) is 9.86. The van der Waals surface area contributed by atoms with Crippen molar-refractivity contribution in [2.45, 2.75) is 50.8 Å². The third-order valence-electron chi connectivity index (χ3n) is 2.68. The molecule has 0 bridgehead atoms. The Hall–Kier alpha value is -1.10. The molecule has 2 atom stereocenters. The Morgan fingerprint density at radius 2 is 2.25 bits per heavy atom. The number of methoxy groups -OCH3 is 1. The lowest BCUT2D eigenvalue weighted by atomic mass is 10.1. The number of carbonyl (C=O) groups is 2. The van der Waals surface area contributed by atoms with Crippen LogP contribution < -0.4 is 10.6 Å². The van der Waals surface area contributed by atoms with Crippen LogP contribution in [0.4, 0.5) is 0 Å². The molecular formula is C11H20N2O3. The zero-order valence-electron chi connectivity index (χ0n) is 9.86. The molecule has 1 unspecified atom stereocenters. The summed E-state index contributed by atoms with van der Waals surface area (Å²) in [7, 11) is 1.49. The van der Waals surface area contributed by atoms with Crippen molar-refractivity contribution in [3.63, 3.8) is 0 Å². The van der Waals surface area contributed by atoms with Crippen molar-refractivity contribution in [2.24, 2.45) is 0 Å². The van der Waals surface area contributed by atoms with Crippen molar-refractivity contribution in [2.75, 3.05) is 7.11 Å². The van der Waals surface area contributed by atoms with Gasteiger partial charge in [0.25, 0.3) is 5.91 Å². The first-order valence-electron chi connectivity index (χ1n) is 5.75. The summed E-state index contributed by atoms with van der Waals surface area (Å²) in [4.78, 5) is 22.3. The molecule has 0 spiro atoms. The molecule has 0 aromatic rings. The third kappa shape index (κ3) is 3.81. The highest BCUT2D eigenvalue weighted by Gasteiger charge is 2.31. The Bertz CT molecular complexity index is 241. The molecule has 0 radical (unpaired) electrons. The Balaban J connectivity index is 2.51. The van der Waals surface area contributed by atoms with E-state index in [1.807, 2.05) is 6.92 Å². The zero-order chi connectivity index (χ0) is 12.0. The van der Waals surface area contributed by atoms with Gasteiger partial charge in [0.2, 0.25) is 6.41 Å². The molecule has 1 rings (SSSR count). The highest BCUT2D eigenvalue weighted by Crippen LogP contribution is 2.19. The van der Waals surface area contributed by atoms with Crippen LogP contribution in [-0.2, 0) is 14.3 Å². The summed E-state index contributed by atoms with van der Waals surface area (Å²) in [5.41, 5.74) is 0. The van der Waals surface area contributed by atoms with Crippen LogP contribution in [0.2, 0.25) is 0 Å². The molecule has 92 valence electrons. The molecule has 1 saturated carbocycles. The van der Waals surface area contributed by atoms with Crippen molar-refractivity contribution in [1.29, 1.82) is 0 Å². The van der Waals surface area contributed by atoms with E-state index in [2.05, 4.69) is 10.6 Å². The standard InChI is InChI=1S/C11H20N2O3/c1-3-4-9(12-7-14)10(16-2)11(15)13-8-5-6-8/h7-10H,3-6H2,1-2H3,(H,12,14)(H,13,15)/t9-,10?/m0/s1. The largest absolute Gasteiger partial charge is 0.369 e. The van der Waals surface area contributed by atoms with Crippen molar-refractivity contribution < 1.29 is 14.3 Å². The van der Waals surface area contributed by atoms with Gasteiger partial charge in [-0.15, -0.1) is 0 Å². The Labute approximate surface area is 95.9 Å². The van der Waals surface area contributed by atoms with E-state index in [0.717, 1.165) is 25.7 Å². The number of amides is 2. The fourth-order valence-electron chi connectivity index (χ4n) is 1.69. The third-order valence-corrected chi connectivity index (χ3v) is 2.68. The van der Waals surface area contributed by atoms with E-state index in [9.17, 15) is 9.59 Å². The maximum Gasteiger partial charge on any atom is 0.251 e. The summed E-state index contributed by atoms with van der Waals surface area (Å²) in [6, 6.07) is 0.0647. The van der Waals surface area contributed by atoms with Gasteiger partial charge in [-0.2, -0.15) is 0 Å². The summed E-state index contributed by atoms with van der Waals surface area (Å²) in [5, 5.41) is 5.53. The van der Waals surface area contributed by atoms with Gasteiger partial charge in [-0.05, 0) is 19.3 Å². The molecule has 0 aromatic heterocycles. The average molecular weight is 228 g/mol. The van der Waals surface area contributed by atoms with Gasteiger partial charge >= 0.3 is 0 Å². The van der Waals surface area contributed by atoms with Gasteiger partial charge in [0.1, 0.15) is 0 Å². The van der Waals surface area contributed by atoms with Crippen LogP contribution in [0.1, 0.15) is 32.6 Å². The van der Waals surface area contributed by atoms with Gasteiger partial charge in [0.15, 0.2) is 6.10 Å². The van der Waals surface area contributed by atoms with Gasteiger partial charge < -0.3 is 15.4 Å². The highest BCUT2D eigenvalue weighted by molar-refractivity contribution is 5.82. The lowest BCUT2D eigenvalue weighted by Crippen LogP contribution is -2.50. The van der Waals surface area contributed by atoms with Gasteiger partial charge in [-0.25, -0.2) is 0 Å². The van der Waals surface area contributed by atoms with Crippen LogP contribution >= 0.6 is 0 Å². The summed E-state index contributed by atoms with van der Waals surface area (Å²) in [6.07, 6.45) is 3.74. The topological polar surface area (TPSA) is 67.4 Å². The molecule has 0 aliphatic heterocycles. The lowest BCUT2D eigenvalue weighted by molar-refractivity contribution is -0.133. The summed E-state index contributed by atoms with van der Waals surface area (Å²) in [6.45, 7) is 2.00. The van der Waals surface area contributed by atoms with E-state index in [1.54, 1.807) is 0 Å². The van der Waals surface area contributed by atoms with E-state index >= 15 is 0 Å². The van der Waals surface area contributed by atoms with Crippen molar-refractivity contribution in [3.8, 4) is 0 Å². The molecule has 1 aliphatic rings. The first kappa shape index (κ1) is 13.0. The Kier molecular flexibility index (Phi) is 5.25. The molecule has 16 heavy (non-hydrogen) atoms. The second kappa shape index (κ2) is 6.48. The monoisotopic (exact) mass is 228 g/mol. The van der Waals surface area contributed by atoms with E-state index in [4.69, 9.17) is 4.74 Å². The summed E-state index contributed by atoms with van der Waals surface area (Å²) < 4.78 is 5.17. The summed E-state index contributed by atoms with van der Waals surface area (Å²) in [5.74, 6) is -0.127. The number of hydrogen-bond acceptors (Lipinski definition) is 3. The van der Waals surface area contributed by atoms with E-state index in [1.165, 1.54) is 7.11 Å². The van der Waals surface area contributed by atoms with E-state index in [-0.39, 0.29) is 11.9 Å². The van der Waals surface area contributed by atoms with E-state index < -0.39 is 6.10 Å². The van der Waals surface area contributed by atoms with Crippen LogP contribution in [0.5, 0.6) is 0 Å². The minimum atomic E-state index is -0.592. The number of carbonyl (C=O) groups excluding carboxylic acids is 2. The molecule has 0 saturated heterocycles. The molecule has 2 N–H and O–H groups in total. The SMILES string of the molecule is CCC[C@H](NC=O)C(OC)C(=O)NC1CC1. The van der Waals surface area contributed by atoms with Crippen molar-refractivity contribution >= 4 is 12.3 Å². The number of hydrogen-bond donors (Lipinski definition) is 2. The van der Waals surface area contributed by atoms with Crippen LogP contribution in [0.3, 0.4) is 0 Å². The minimum absolute atomic E-state index is 0.127. The number of nitrogens with one attached hydrogen (secondary N) is 2. The second-order valence-corrected chi connectivity index (χ2v) is 4.12. The molecule has 1 fully saturated rings. The fraction of sp³-hybridized carbons (Fsp3) is 0.818. The number of rotatable bonds is 8. The highest BCUT2D eigenvalue weighted by atomic mass is 16.5. The fourth-order valence-corrected chi connectivity index (χ4v) is 1.69. The average Bonchev–Trinajstić information content (AvgIpc) is 3.03. The maximum atomic E-state index is 11.8. The van der Waals surface area contributed by atoms with Crippen LogP contribution in [0.15, 0.2) is 0 Å². The Morgan fingerprint density at radius 1 is 1.56 bits per heavy atom. The smallest absolute Gasteiger partial charge is 0.251 e. The molecule has 5 nitrogen and oxygen atoms in total. The normalized spacial score (nSPS) is 18.6. The van der Waals surface area contributed by atoms with Gasteiger partial charge in [-0.3, -0.25) is 9.59 Å². The molecule has 2 amide bonds. The second-order valence-electron chi connectivity index (χ2n) is 4.12. The summed E-state index contributed by atoms with van der Waals surface area (Å²) >= 11 is 0. The first-order chi connectivity index (χ1) is 7.72. The maximum absolute atomic E-state index is 11.8. The van der Waals surface area contributed by atoms with E-state index in [0.29, 0.717) is 12.5 Å². The molecule has 0 heterocycles. The molecule has 0 aromatic carbocycles. The quantitative estimate of drug-likeness (QED) is 0.583. The van der Waals surface area contributed by atoms with Crippen molar-refractivity contribution in [3.05, 3.63) is 0 Å². The minimum Gasteiger partial charge on any atom is -0.369 e. The van der Waals surface area contributed by atoms with Crippen LogP contribution in [-0.4, -0.2) is 37.6 Å². The molecule has 1 aliphatic carbocycles. The first-order valence-corrected chi connectivity index (χ1v) is 5.75. The lowest BCUT2D eigenvalue weighted by Gasteiger charge is -2.24. The van der Waals surface area contributed by atoms with Gasteiger partial charge in [-0.1, -0.05) is 13.3 Å². The van der Waals surface area contributed by atoms with Crippen molar-refractivity contribution in [1.82, 2.24) is 10.6 Å². The van der Waals surface area contributed by atoms with Gasteiger partial charge in [0.05, 0.1) is 6.04 Å². The predicted octanol–water partition coefficient (Wildman–Crippen LogP) is 0.195. The molecule has 5 heteroatoms. The van der Waals surface area contributed by atoms with Gasteiger partial charge in [0, 0.05) is 13.2 Å². The van der Waals surface area contributed by atoms with Crippen LogP contribution in [0, 0.1) is 0 Å². The predicted molar refractivity (Wildman–Crippen MR) is 59.9 cm³/mol. The Morgan fingerprint density at radius 3 is 2.69 bits per heavy atom. The van der Waals surface area contributed by atoms with Crippen LogP contribution in [0.25, 0.3) is 0 Å². The molecular weight excluding hydrogens is 208 g/mol. The number of ether oxygens (including phenoxy) is 1.